The Morgan fingerprint density at radius 3 is 2.29 bits per heavy atom. The molecule has 0 unspecified atom stereocenters. The van der Waals surface area contributed by atoms with E-state index in [2.05, 4.69) is 30.3 Å². The molecule has 38 heavy (non-hydrogen) atoms. The SMILES string of the molecule is COc1cc2c(cc1OC)[C@H]1[C@H](C(=O)N3CCC(Cc4ccccc4)CC3)c3ccccc3C(=O)N1CC2. The van der Waals surface area contributed by atoms with Crippen molar-refractivity contribution in [2.75, 3.05) is 33.9 Å². The van der Waals surface area contributed by atoms with Crippen LogP contribution in [0.3, 0.4) is 0 Å². The number of piperidine rings is 1. The number of ether oxygens (including phenoxy) is 2. The summed E-state index contributed by atoms with van der Waals surface area (Å²) in [6.45, 7) is 2.06. The summed E-state index contributed by atoms with van der Waals surface area (Å²) in [5.74, 6) is 1.52. The van der Waals surface area contributed by atoms with Gasteiger partial charge in [-0.15, -0.1) is 0 Å². The van der Waals surface area contributed by atoms with E-state index in [-0.39, 0.29) is 17.9 Å². The van der Waals surface area contributed by atoms with Crippen molar-refractivity contribution in [3.63, 3.8) is 0 Å². The molecule has 196 valence electrons. The second-order valence-electron chi connectivity index (χ2n) is 10.6. The fourth-order valence-electron chi connectivity index (χ4n) is 6.62. The summed E-state index contributed by atoms with van der Waals surface area (Å²) >= 11 is 0. The second kappa shape index (κ2) is 10.2. The molecule has 3 aromatic carbocycles. The van der Waals surface area contributed by atoms with Gasteiger partial charge in [0.1, 0.15) is 0 Å². The van der Waals surface area contributed by atoms with Crippen molar-refractivity contribution in [2.45, 2.75) is 37.6 Å². The summed E-state index contributed by atoms with van der Waals surface area (Å²) in [5, 5.41) is 0. The van der Waals surface area contributed by atoms with Gasteiger partial charge in [0.15, 0.2) is 11.5 Å². The Morgan fingerprint density at radius 2 is 1.55 bits per heavy atom. The summed E-state index contributed by atoms with van der Waals surface area (Å²) in [4.78, 5) is 31.9. The molecule has 3 aliphatic heterocycles. The molecule has 2 atom stereocenters. The monoisotopic (exact) mass is 510 g/mol. The quantitative estimate of drug-likeness (QED) is 0.484. The zero-order valence-electron chi connectivity index (χ0n) is 22.1. The number of nitrogens with zero attached hydrogens (tertiary/aromatic N) is 2. The molecular formula is C32H34N2O4. The molecule has 1 fully saturated rings. The molecular weight excluding hydrogens is 476 g/mol. The zero-order chi connectivity index (χ0) is 26.2. The molecule has 6 rings (SSSR count). The van der Waals surface area contributed by atoms with Crippen LogP contribution < -0.4 is 9.47 Å². The van der Waals surface area contributed by atoms with Crippen LogP contribution in [0.15, 0.2) is 66.7 Å². The fraction of sp³-hybridized carbons (Fsp3) is 0.375. The smallest absolute Gasteiger partial charge is 0.254 e. The Labute approximate surface area is 224 Å². The van der Waals surface area contributed by atoms with Crippen molar-refractivity contribution in [1.82, 2.24) is 9.80 Å². The lowest BCUT2D eigenvalue weighted by molar-refractivity contribution is -0.136. The molecule has 6 nitrogen and oxygen atoms in total. The lowest BCUT2D eigenvalue weighted by Gasteiger charge is -2.47. The van der Waals surface area contributed by atoms with Crippen molar-refractivity contribution >= 4 is 11.8 Å². The first kappa shape index (κ1) is 24.5. The average molecular weight is 511 g/mol. The van der Waals surface area contributed by atoms with Crippen LogP contribution in [0.25, 0.3) is 0 Å². The lowest BCUT2D eigenvalue weighted by atomic mass is 9.75. The molecule has 3 aliphatic rings. The molecule has 2 amide bonds. The van der Waals surface area contributed by atoms with Gasteiger partial charge in [0.05, 0.1) is 26.2 Å². The van der Waals surface area contributed by atoms with Crippen molar-refractivity contribution in [2.24, 2.45) is 5.92 Å². The van der Waals surface area contributed by atoms with Gasteiger partial charge in [0, 0.05) is 25.2 Å². The first-order valence-corrected chi connectivity index (χ1v) is 13.6. The van der Waals surface area contributed by atoms with E-state index >= 15 is 0 Å². The Balaban J connectivity index is 1.33. The van der Waals surface area contributed by atoms with Gasteiger partial charge in [-0.3, -0.25) is 9.59 Å². The highest BCUT2D eigenvalue weighted by atomic mass is 16.5. The van der Waals surface area contributed by atoms with Crippen LogP contribution >= 0.6 is 0 Å². The van der Waals surface area contributed by atoms with Crippen molar-refractivity contribution < 1.29 is 19.1 Å². The molecule has 0 radical (unpaired) electrons. The average Bonchev–Trinajstić information content (AvgIpc) is 2.97. The number of hydrogen-bond donors (Lipinski definition) is 0. The van der Waals surface area contributed by atoms with Gasteiger partial charge in [-0.25, -0.2) is 0 Å². The van der Waals surface area contributed by atoms with E-state index in [1.54, 1.807) is 14.2 Å². The van der Waals surface area contributed by atoms with Crippen molar-refractivity contribution in [3.05, 3.63) is 94.5 Å². The first-order valence-electron chi connectivity index (χ1n) is 13.6. The van der Waals surface area contributed by atoms with E-state index < -0.39 is 5.92 Å². The third-order valence-corrected chi connectivity index (χ3v) is 8.58. The maximum absolute atomic E-state index is 14.4. The maximum atomic E-state index is 14.4. The zero-order valence-corrected chi connectivity index (χ0v) is 22.1. The van der Waals surface area contributed by atoms with E-state index in [9.17, 15) is 9.59 Å². The molecule has 0 aromatic heterocycles. The number of amides is 2. The Hall–Kier alpha value is -3.80. The first-order chi connectivity index (χ1) is 18.6. The number of fused-ring (bicyclic) bond motifs is 4. The van der Waals surface area contributed by atoms with Crippen LogP contribution in [0.5, 0.6) is 11.5 Å². The molecule has 3 aromatic rings. The van der Waals surface area contributed by atoms with Crippen molar-refractivity contribution in [3.8, 4) is 11.5 Å². The predicted molar refractivity (Wildman–Crippen MR) is 146 cm³/mol. The minimum Gasteiger partial charge on any atom is -0.493 e. The van der Waals surface area contributed by atoms with Gasteiger partial charge in [-0.2, -0.15) is 0 Å². The van der Waals surface area contributed by atoms with Crippen LogP contribution in [0, 0.1) is 5.92 Å². The molecule has 0 N–H and O–H groups in total. The molecule has 0 spiro atoms. The standard InChI is InChI=1S/C32H34N2O4/c1-37-27-19-23-14-17-34-30(26(23)20-28(27)38-2)29(24-10-6-7-11-25(24)31(34)35)32(36)33-15-12-22(13-16-33)18-21-8-4-3-5-9-21/h3-11,19-20,22,29-30H,12-18H2,1-2H3/t29-,30+/m1/s1. The lowest BCUT2D eigenvalue weighted by Crippen LogP contribution is -2.51. The van der Waals surface area contributed by atoms with Crippen LogP contribution in [0.1, 0.15) is 57.4 Å². The van der Waals surface area contributed by atoms with Gasteiger partial charge in [-0.05, 0) is 72.1 Å². The largest absolute Gasteiger partial charge is 0.493 e. The molecule has 0 bridgehead atoms. The second-order valence-corrected chi connectivity index (χ2v) is 10.6. The Kier molecular flexibility index (Phi) is 6.56. The number of benzene rings is 3. The highest BCUT2D eigenvalue weighted by Crippen LogP contribution is 2.49. The van der Waals surface area contributed by atoms with E-state index in [0.717, 1.165) is 49.0 Å². The van der Waals surface area contributed by atoms with E-state index in [1.165, 1.54) is 5.56 Å². The summed E-state index contributed by atoms with van der Waals surface area (Å²) in [7, 11) is 3.25. The number of methoxy groups -OCH3 is 2. The van der Waals surface area contributed by atoms with Gasteiger partial charge in [-0.1, -0.05) is 48.5 Å². The van der Waals surface area contributed by atoms with E-state index in [1.807, 2.05) is 46.2 Å². The van der Waals surface area contributed by atoms with Crippen LogP contribution in [-0.2, 0) is 17.6 Å². The fourth-order valence-corrected chi connectivity index (χ4v) is 6.62. The molecule has 0 aliphatic carbocycles. The summed E-state index contributed by atoms with van der Waals surface area (Å²) < 4.78 is 11.2. The number of carbonyl (C=O) groups is 2. The topological polar surface area (TPSA) is 59.1 Å². The number of rotatable bonds is 5. The highest BCUT2D eigenvalue weighted by molar-refractivity contribution is 6.01. The van der Waals surface area contributed by atoms with Gasteiger partial charge < -0.3 is 19.3 Å². The Morgan fingerprint density at radius 1 is 0.868 bits per heavy atom. The molecule has 3 heterocycles. The normalized spacial score (nSPS) is 20.8. The minimum atomic E-state index is -0.452. The van der Waals surface area contributed by atoms with Gasteiger partial charge in [0.2, 0.25) is 5.91 Å². The summed E-state index contributed by atoms with van der Waals surface area (Å²) in [6.07, 6.45) is 3.74. The van der Waals surface area contributed by atoms with E-state index in [0.29, 0.717) is 35.9 Å². The van der Waals surface area contributed by atoms with E-state index in [4.69, 9.17) is 9.47 Å². The van der Waals surface area contributed by atoms with Crippen LogP contribution in [-0.4, -0.2) is 55.5 Å². The van der Waals surface area contributed by atoms with Crippen molar-refractivity contribution in [1.29, 1.82) is 0 Å². The molecule has 6 heteroatoms. The summed E-state index contributed by atoms with van der Waals surface area (Å²) in [6, 6.07) is 21.9. The molecule has 0 saturated carbocycles. The molecule has 1 saturated heterocycles. The number of likely N-dealkylation sites (tertiary alicyclic amines) is 1. The van der Waals surface area contributed by atoms with Gasteiger partial charge >= 0.3 is 0 Å². The highest BCUT2D eigenvalue weighted by Gasteiger charge is 2.48. The number of carbonyl (C=O) groups excluding carboxylic acids is 2. The van der Waals surface area contributed by atoms with Crippen LogP contribution in [0.2, 0.25) is 0 Å². The predicted octanol–water partition coefficient (Wildman–Crippen LogP) is 5.02. The van der Waals surface area contributed by atoms with Crippen LogP contribution in [0.4, 0.5) is 0 Å². The minimum absolute atomic E-state index is 0.00310. The Bertz CT molecular complexity index is 1350. The third-order valence-electron chi connectivity index (χ3n) is 8.58. The maximum Gasteiger partial charge on any atom is 0.254 e. The number of hydrogen-bond acceptors (Lipinski definition) is 4. The van der Waals surface area contributed by atoms with Gasteiger partial charge in [0.25, 0.3) is 5.91 Å². The third kappa shape index (κ3) is 4.22. The summed E-state index contributed by atoms with van der Waals surface area (Å²) in [5.41, 5.74) is 4.92.